The average Bonchev–Trinajstić information content (AvgIpc) is 2.95. The van der Waals surface area contributed by atoms with E-state index in [1.165, 1.54) is 23.1 Å². The number of hydrogen-bond donors (Lipinski definition) is 2. The van der Waals surface area contributed by atoms with Crippen molar-refractivity contribution in [2.45, 2.75) is 70.4 Å². The number of amides is 3. The first-order valence-corrected chi connectivity index (χ1v) is 14.0. The fourth-order valence-corrected chi connectivity index (χ4v) is 5.10. The lowest BCUT2D eigenvalue weighted by atomic mass is 9.94. The molecule has 3 aromatic rings. The van der Waals surface area contributed by atoms with Gasteiger partial charge in [-0.25, -0.2) is 9.37 Å². The number of hydrogen-bond acceptors (Lipinski definition) is 4. The molecule has 7 nitrogen and oxygen atoms in total. The van der Waals surface area contributed by atoms with Crippen LogP contribution in [0.3, 0.4) is 0 Å². The first kappa shape index (κ1) is 29.2. The van der Waals surface area contributed by atoms with Crippen molar-refractivity contribution in [3.8, 4) is 0 Å². The molecule has 1 heterocycles. The minimum Gasteiger partial charge on any atom is -0.351 e. The number of nitrogens with one attached hydrogen (secondary N) is 2. The third kappa shape index (κ3) is 7.88. The van der Waals surface area contributed by atoms with Crippen LogP contribution in [0, 0.1) is 12.7 Å². The zero-order valence-corrected chi connectivity index (χ0v) is 23.3. The van der Waals surface area contributed by atoms with E-state index in [0.29, 0.717) is 17.1 Å². The predicted molar refractivity (Wildman–Crippen MR) is 155 cm³/mol. The molecule has 0 aliphatic heterocycles. The molecule has 0 spiro atoms. The van der Waals surface area contributed by atoms with Gasteiger partial charge in [-0.1, -0.05) is 66.8 Å². The summed E-state index contributed by atoms with van der Waals surface area (Å²) in [6, 6.07) is 15.6. The molecule has 9 heteroatoms. The summed E-state index contributed by atoms with van der Waals surface area (Å²) in [6.45, 7) is 1.94. The summed E-state index contributed by atoms with van der Waals surface area (Å²) in [7, 11) is 0. The zero-order chi connectivity index (χ0) is 28.5. The summed E-state index contributed by atoms with van der Waals surface area (Å²) in [5, 5.41) is 5.71. The number of carbonyl (C=O) groups is 3. The summed E-state index contributed by atoms with van der Waals surface area (Å²) in [6.07, 6.45) is 6.88. The highest BCUT2D eigenvalue weighted by Gasteiger charge is 2.34. The molecule has 3 amide bonds. The average molecular weight is 565 g/mol. The van der Waals surface area contributed by atoms with Gasteiger partial charge in [0.15, 0.2) is 0 Å². The largest absolute Gasteiger partial charge is 0.351 e. The van der Waals surface area contributed by atoms with Crippen molar-refractivity contribution in [2.24, 2.45) is 0 Å². The van der Waals surface area contributed by atoms with Gasteiger partial charge in [0, 0.05) is 30.8 Å². The van der Waals surface area contributed by atoms with Crippen LogP contribution in [0.1, 0.15) is 68.5 Å². The van der Waals surface area contributed by atoms with E-state index < -0.39 is 11.9 Å². The molecule has 2 N–H and O–H groups in total. The second-order valence-corrected chi connectivity index (χ2v) is 10.5. The lowest BCUT2D eigenvalue weighted by molar-refractivity contribution is -0.127. The molecule has 0 radical (unpaired) electrons. The summed E-state index contributed by atoms with van der Waals surface area (Å²) >= 11 is 6.12. The van der Waals surface area contributed by atoms with E-state index in [-0.39, 0.29) is 48.0 Å². The van der Waals surface area contributed by atoms with Gasteiger partial charge in [-0.15, -0.1) is 0 Å². The Morgan fingerprint density at radius 3 is 2.45 bits per heavy atom. The number of nitrogens with zero attached hydrogens (tertiary/aromatic N) is 2. The Morgan fingerprint density at radius 1 is 1.02 bits per heavy atom. The van der Waals surface area contributed by atoms with Gasteiger partial charge < -0.3 is 10.6 Å². The monoisotopic (exact) mass is 564 g/mol. The van der Waals surface area contributed by atoms with Crippen molar-refractivity contribution in [3.05, 3.63) is 88.8 Å². The van der Waals surface area contributed by atoms with E-state index in [2.05, 4.69) is 15.6 Å². The molecule has 0 bridgehead atoms. The van der Waals surface area contributed by atoms with Gasteiger partial charge in [-0.3, -0.25) is 19.3 Å². The molecule has 2 aromatic carbocycles. The lowest BCUT2D eigenvalue weighted by Crippen LogP contribution is -2.47. The summed E-state index contributed by atoms with van der Waals surface area (Å²) in [4.78, 5) is 45.6. The van der Waals surface area contributed by atoms with E-state index in [4.69, 9.17) is 11.6 Å². The number of halogens is 2. The van der Waals surface area contributed by atoms with Crippen LogP contribution in [-0.2, 0) is 14.4 Å². The molecule has 1 saturated carbocycles. The number of pyridine rings is 1. The Morgan fingerprint density at radius 2 is 1.77 bits per heavy atom. The second kappa shape index (κ2) is 14.0. The third-order valence-corrected chi connectivity index (χ3v) is 7.32. The quantitative estimate of drug-likeness (QED) is 0.293. The van der Waals surface area contributed by atoms with E-state index in [1.54, 1.807) is 24.4 Å². The minimum atomic E-state index is -1.00. The van der Waals surface area contributed by atoms with Gasteiger partial charge in [0.25, 0.3) is 0 Å². The fourth-order valence-electron chi connectivity index (χ4n) is 4.93. The minimum absolute atomic E-state index is 0.0102. The molecular weight excluding hydrogens is 531 g/mol. The highest BCUT2D eigenvalue weighted by atomic mass is 35.5. The molecule has 40 heavy (non-hydrogen) atoms. The van der Waals surface area contributed by atoms with Crippen molar-refractivity contribution < 1.29 is 18.8 Å². The Bertz CT molecular complexity index is 1310. The Hall–Kier alpha value is -3.78. The van der Waals surface area contributed by atoms with Crippen LogP contribution in [0.2, 0.25) is 5.02 Å². The van der Waals surface area contributed by atoms with Gasteiger partial charge >= 0.3 is 0 Å². The first-order chi connectivity index (χ1) is 19.3. The molecule has 1 aliphatic carbocycles. The van der Waals surface area contributed by atoms with Crippen molar-refractivity contribution in [1.29, 1.82) is 0 Å². The maximum absolute atomic E-state index is 14.1. The molecular formula is C31H34ClFN4O3. The Kier molecular flexibility index (Phi) is 10.2. The van der Waals surface area contributed by atoms with Gasteiger partial charge in [0.1, 0.15) is 17.7 Å². The summed E-state index contributed by atoms with van der Waals surface area (Å²) in [5.41, 5.74) is 1.94. The van der Waals surface area contributed by atoms with Crippen LogP contribution in [0.5, 0.6) is 0 Å². The van der Waals surface area contributed by atoms with E-state index in [1.807, 2.05) is 31.2 Å². The number of rotatable bonds is 10. The van der Waals surface area contributed by atoms with Crippen LogP contribution < -0.4 is 15.5 Å². The number of anilines is 2. The lowest BCUT2D eigenvalue weighted by Gasteiger charge is -2.33. The van der Waals surface area contributed by atoms with Crippen molar-refractivity contribution in [3.63, 3.8) is 0 Å². The van der Waals surface area contributed by atoms with Gasteiger partial charge in [0.05, 0.1) is 5.02 Å². The Labute approximate surface area is 239 Å². The number of benzene rings is 2. The number of carbonyl (C=O) groups excluding carboxylic acids is 3. The first-order valence-electron chi connectivity index (χ1n) is 13.7. The van der Waals surface area contributed by atoms with Crippen molar-refractivity contribution in [1.82, 2.24) is 10.3 Å². The van der Waals surface area contributed by atoms with Crippen LogP contribution in [0.15, 0.2) is 66.9 Å². The maximum atomic E-state index is 14.1. The summed E-state index contributed by atoms with van der Waals surface area (Å²) < 4.78 is 14.1. The van der Waals surface area contributed by atoms with Crippen LogP contribution in [-0.4, -0.2) is 28.7 Å². The molecule has 1 aliphatic rings. The molecule has 1 aromatic heterocycles. The van der Waals surface area contributed by atoms with Crippen LogP contribution >= 0.6 is 11.6 Å². The normalized spacial score (nSPS) is 14.3. The van der Waals surface area contributed by atoms with E-state index in [9.17, 15) is 18.8 Å². The number of aryl methyl sites for hydroxylation is 1. The highest BCUT2D eigenvalue weighted by molar-refractivity contribution is 6.31. The SMILES string of the molecule is Cc1ccc([C@H](C(=O)NC2CCCCC2)N(C(=O)CCCC(=O)Nc2ccccn2)c2ccc(F)c(Cl)c2)cc1. The Balaban J connectivity index is 1.59. The molecule has 4 rings (SSSR count). The van der Waals surface area contributed by atoms with E-state index >= 15 is 0 Å². The number of aromatic nitrogens is 1. The summed E-state index contributed by atoms with van der Waals surface area (Å²) in [5.74, 6) is -1.15. The van der Waals surface area contributed by atoms with Gasteiger partial charge in [-0.2, -0.15) is 0 Å². The van der Waals surface area contributed by atoms with Crippen LogP contribution in [0.25, 0.3) is 0 Å². The van der Waals surface area contributed by atoms with Crippen molar-refractivity contribution in [2.75, 3.05) is 10.2 Å². The van der Waals surface area contributed by atoms with Gasteiger partial charge in [-0.05, 0) is 62.1 Å². The second-order valence-electron chi connectivity index (χ2n) is 10.1. The highest BCUT2D eigenvalue weighted by Crippen LogP contribution is 2.32. The van der Waals surface area contributed by atoms with Gasteiger partial charge in [0.2, 0.25) is 17.7 Å². The fraction of sp³-hybridized carbons (Fsp3) is 0.355. The molecule has 1 fully saturated rings. The molecule has 1 atom stereocenters. The third-order valence-electron chi connectivity index (χ3n) is 7.03. The smallest absolute Gasteiger partial charge is 0.248 e. The van der Waals surface area contributed by atoms with Crippen molar-refractivity contribution >= 4 is 40.8 Å². The molecule has 210 valence electrons. The van der Waals surface area contributed by atoms with E-state index in [0.717, 1.165) is 37.7 Å². The molecule has 0 unspecified atom stereocenters. The molecule has 0 saturated heterocycles. The standard InChI is InChI=1S/C31H34ClFN4O3/c1-21-13-15-22(16-14-21)30(31(40)35-23-8-3-2-4-9-23)37(24-17-18-26(33)25(32)20-24)29(39)12-7-11-28(38)36-27-10-5-6-19-34-27/h5-6,10,13-20,23,30H,2-4,7-9,11-12H2,1H3,(H,35,40)(H,34,36,38)/t30-/m1/s1. The van der Waals surface area contributed by atoms with Crippen LogP contribution in [0.4, 0.5) is 15.9 Å². The zero-order valence-electron chi connectivity index (χ0n) is 22.5. The maximum Gasteiger partial charge on any atom is 0.248 e. The topological polar surface area (TPSA) is 91.4 Å². The predicted octanol–water partition coefficient (Wildman–Crippen LogP) is 6.51.